The van der Waals surface area contributed by atoms with Gasteiger partial charge < -0.3 is 5.11 Å². The first-order valence-electron chi connectivity index (χ1n) is 7.80. The first-order chi connectivity index (χ1) is 12.7. The lowest BCUT2D eigenvalue weighted by molar-refractivity contribution is -0.122. The average molecular weight is 409 g/mol. The molecule has 144 valence electrons. The fourth-order valence-corrected chi connectivity index (χ4v) is 3.66. The number of hydrogen-bond donors (Lipinski definition) is 2. The number of anilines is 1. The van der Waals surface area contributed by atoms with Crippen molar-refractivity contribution in [3.63, 3.8) is 0 Å². The topological polar surface area (TPSA) is 112 Å². The normalized spacial score (nSPS) is 11.1. The maximum Gasteiger partial charge on any atom is 0.301 e. The standard InChI is InChI=1S/C16H18N4O2S2.CH2O2/c1-10-7-15(16-9-17-11(2)23-16)18-14-8-12(5-6-13(10)14)19-24(21,22)20(3)4;2-1-3/h5-9,19H,1-4H3;1H,(H,2,3). The summed E-state index contributed by atoms with van der Waals surface area (Å²) in [4.78, 5) is 18.3. The summed E-state index contributed by atoms with van der Waals surface area (Å²) < 4.78 is 27.6. The highest BCUT2D eigenvalue weighted by molar-refractivity contribution is 7.90. The molecule has 0 radical (unpaired) electrons. The molecule has 8 nitrogen and oxygen atoms in total. The highest BCUT2D eigenvalue weighted by Crippen LogP contribution is 2.29. The molecule has 1 aromatic carbocycles. The van der Waals surface area contributed by atoms with Crippen molar-refractivity contribution in [2.45, 2.75) is 13.8 Å². The van der Waals surface area contributed by atoms with E-state index in [9.17, 15) is 8.42 Å². The second-order valence-electron chi connectivity index (χ2n) is 5.79. The summed E-state index contributed by atoms with van der Waals surface area (Å²) in [6, 6.07) is 7.40. The molecule has 0 aliphatic carbocycles. The molecule has 2 aromatic heterocycles. The zero-order valence-electron chi connectivity index (χ0n) is 15.3. The van der Waals surface area contributed by atoms with Crippen LogP contribution in [-0.2, 0) is 15.0 Å². The lowest BCUT2D eigenvalue weighted by Gasteiger charge is -2.14. The van der Waals surface area contributed by atoms with Crippen molar-refractivity contribution in [3.8, 4) is 10.6 Å². The van der Waals surface area contributed by atoms with Crippen LogP contribution in [0.3, 0.4) is 0 Å². The van der Waals surface area contributed by atoms with Crippen molar-refractivity contribution in [1.29, 1.82) is 0 Å². The van der Waals surface area contributed by atoms with E-state index in [4.69, 9.17) is 9.90 Å². The molecule has 3 aromatic rings. The molecule has 0 aliphatic rings. The smallest absolute Gasteiger partial charge is 0.301 e. The molecular weight excluding hydrogens is 388 g/mol. The van der Waals surface area contributed by atoms with Gasteiger partial charge in [-0.05, 0) is 37.6 Å². The second kappa shape index (κ2) is 8.42. The van der Waals surface area contributed by atoms with Gasteiger partial charge in [-0.2, -0.15) is 12.7 Å². The minimum Gasteiger partial charge on any atom is -0.483 e. The van der Waals surface area contributed by atoms with E-state index in [0.717, 1.165) is 36.4 Å². The summed E-state index contributed by atoms with van der Waals surface area (Å²) in [6.07, 6.45) is 1.81. The number of fused-ring (bicyclic) bond motifs is 1. The molecule has 3 rings (SSSR count). The Labute approximate surface area is 161 Å². The highest BCUT2D eigenvalue weighted by atomic mass is 32.2. The Bertz CT molecular complexity index is 1060. The predicted octanol–water partition coefficient (Wildman–Crippen LogP) is 2.89. The van der Waals surface area contributed by atoms with Crippen molar-refractivity contribution < 1.29 is 18.3 Å². The van der Waals surface area contributed by atoms with E-state index in [1.165, 1.54) is 14.1 Å². The van der Waals surface area contributed by atoms with Crippen molar-refractivity contribution in [2.75, 3.05) is 18.8 Å². The van der Waals surface area contributed by atoms with Gasteiger partial charge in [-0.25, -0.2) is 9.97 Å². The lowest BCUT2D eigenvalue weighted by atomic mass is 10.1. The summed E-state index contributed by atoms with van der Waals surface area (Å²) in [6.45, 7) is 3.72. The first kappa shape index (κ1) is 20.7. The number of carboxylic acid groups (broad SMARTS) is 1. The number of nitrogens with one attached hydrogen (secondary N) is 1. The van der Waals surface area contributed by atoms with Gasteiger partial charge in [-0.3, -0.25) is 9.52 Å². The van der Waals surface area contributed by atoms with Gasteiger partial charge in [0.15, 0.2) is 0 Å². The third-order valence-electron chi connectivity index (χ3n) is 3.62. The lowest BCUT2D eigenvalue weighted by Crippen LogP contribution is -2.28. The Kier molecular flexibility index (Phi) is 6.47. The van der Waals surface area contributed by atoms with Gasteiger partial charge in [0.2, 0.25) is 0 Å². The monoisotopic (exact) mass is 408 g/mol. The van der Waals surface area contributed by atoms with Crippen LogP contribution >= 0.6 is 11.3 Å². The van der Waals surface area contributed by atoms with Crippen LogP contribution < -0.4 is 4.72 Å². The van der Waals surface area contributed by atoms with Crippen LogP contribution in [0.2, 0.25) is 0 Å². The van der Waals surface area contributed by atoms with Gasteiger partial charge >= 0.3 is 10.2 Å². The van der Waals surface area contributed by atoms with Gasteiger partial charge in [-0.1, -0.05) is 6.07 Å². The maximum atomic E-state index is 12.0. The second-order valence-corrected chi connectivity index (χ2v) is 8.91. The van der Waals surface area contributed by atoms with E-state index in [0.29, 0.717) is 5.69 Å². The largest absolute Gasteiger partial charge is 0.483 e. The van der Waals surface area contributed by atoms with E-state index in [-0.39, 0.29) is 6.47 Å². The van der Waals surface area contributed by atoms with Gasteiger partial charge in [0.25, 0.3) is 6.47 Å². The number of aromatic nitrogens is 2. The Balaban J connectivity index is 0.000000817. The molecule has 2 heterocycles. The molecule has 0 fully saturated rings. The predicted molar refractivity (Wildman–Crippen MR) is 107 cm³/mol. The number of carbonyl (C=O) groups is 1. The van der Waals surface area contributed by atoms with Crippen LogP contribution in [0.1, 0.15) is 10.6 Å². The summed E-state index contributed by atoms with van der Waals surface area (Å²) in [5, 5.41) is 8.87. The fourth-order valence-electron chi connectivity index (χ4n) is 2.31. The number of thiazole rings is 1. The van der Waals surface area contributed by atoms with Crippen LogP contribution in [0, 0.1) is 13.8 Å². The molecule has 0 saturated carbocycles. The number of aryl methyl sites for hydroxylation is 2. The molecule has 0 atom stereocenters. The highest BCUT2D eigenvalue weighted by Gasteiger charge is 2.14. The average Bonchev–Trinajstić information content (AvgIpc) is 3.01. The minimum absolute atomic E-state index is 0.250. The fraction of sp³-hybridized carbons (Fsp3) is 0.235. The molecule has 27 heavy (non-hydrogen) atoms. The molecule has 0 unspecified atom stereocenters. The van der Waals surface area contributed by atoms with Crippen molar-refractivity contribution in [3.05, 3.63) is 41.0 Å². The number of pyridine rings is 1. The van der Waals surface area contributed by atoms with Crippen molar-refractivity contribution >= 4 is 44.6 Å². The summed E-state index contributed by atoms with van der Waals surface area (Å²) in [5.74, 6) is 0. The van der Waals surface area contributed by atoms with E-state index in [2.05, 4.69) is 14.7 Å². The third kappa shape index (κ3) is 5.00. The van der Waals surface area contributed by atoms with Gasteiger partial charge in [-0.15, -0.1) is 11.3 Å². The Morgan fingerprint density at radius 3 is 2.44 bits per heavy atom. The molecule has 2 N–H and O–H groups in total. The Morgan fingerprint density at radius 1 is 1.22 bits per heavy atom. The van der Waals surface area contributed by atoms with Crippen molar-refractivity contribution in [1.82, 2.24) is 14.3 Å². The number of benzene rings is 1. The van der Waals surface area contributed by atoms with Crippen LogP contribution in [0.4, 0.5) is 5.69 Å². The Hall–Kier alpha value is -2.56. The molecule has 0 spiro atoms. The van der Waals surface area contributed by atoms with Crippen LogP contribution in [0.5, 0.6) is 0 Å². The number of hydrogen-bond acceptors (Lipinski definition) is 6. The SMILES string of the molecule is Cc1ncc(-c2cc(C)c3ccc(NS(=O)(=O)N(C)C)cc3n2)s1.O=CO. The summed E-state index contributed by atoms with van der Waals surface area (Å²) in [7, 11) is -0.577. The molecule has 0 aliphatic heterocycles. The third-order valence-corrected chi connectivity index (χ3v) is 6.01. The molecule has 0 bridgehead atoms. The zero-order chi connectivity index (χ0) is 20.2. The number of nitrogens with zero attached hydrogens (tertiary/aromatic N) is 3. The van der Waals surface area contributed by atoms with Gasteiger partial charge in [0, 0.05) is 25.7 Å². The maximum absolute atomic E-state index is 12.0. The number of rotatable bonds is 4. The van der Waals surface area contributed by atoms with Gasteiger partial charge in [0.05, 0.1) is 26.8 Å². The van der Waals surface area contributed by atoms with E-state index in [1.807, 2.05) is 32.2 Å². The van der Waals surface area contributed by atoms with E-state index in [1.54, 1.807) is 23.5 Å². The van der Waals surface area contributed by atoms with Gasteiger partial charge in [0.1, 0.15) is 0 Å². The summed E-state index contributed by atoms with van der Waals surface area (Å²) in [5.41, 5.74) is 3.16. The molecular formula is C17H20N4O4S2. The Morgan fingerprint density at radius 2 is 1.89 bits per heavy atom. The van der Waals surface area contributed by atoms with Crippen LogP contribution in [0.25, 0.3) is 21.5 Å². The van der Waals surface area contributed by atoms with Crippen molar-refractivity contribution in [2.24, 2.45) is 0 Å². The molecule has 0 saturated heterocycles. The minimum atomic E-state index is -3.54. The van der Waals surface area contributed by atoms with Crippen LogP contribution in [-0.4, -0.2) is 48.4 Å². The van der Waals surface area contributed by atoms with E-state index < -0.39 is 10.2 Å². The van der Waals surface area contributed by atoms with E-state index >= 15 is 0 Å². The first-order valence-corrected chi connectivity index (χ1v) is 10.1. The molecule has 10 heteroatoms. The quantitative estimate of drug-likeness (QED) is 0.642. The zero-order valence-corrected chi connectivity index (χ0v) is 16.9. The summed E-state index contributed by atoms with van der Waals surface area (Å²) >= 11 is 1.58. The van der Waals surface area contributed by atoms with Crippen LogP contribution in [0.15, 0.2) is 30.5 Å². The molecule has 0 amide bonds.